The zero-order valence-electron chi connectivity index (χ0n) is 14.5. The lowest BCUT2D eigenvalue weighted by Crippen LogP contribution is -2.32. The number of hydrogen-bond donors (Lipinski definition) is 1. The molecule has 0 bridgehead atoms. The molecule has 1 aromatic heterocycles. The van der Waals surface area contributed by atoms with Crippen molar-refractivity contribution >= 4 is 17.5 Å². The Bertz CT molecular complexity index is 726. The van der Waals surface area contributed by atoms with E-state index in [-0.39, 0.29) is 12.0 Å². The molecule has 6 nitrogen and oxygen atoms in total. The molecule has 0 unspecified atom stereocenters. The van der Waals surface area contributed by atoms with Gasteiger partial charge in [0.25, 0.3) is 0 Å². The number of nitrogens with zero attached hydrogens (tertiary/aromatic N) is 5. The van der Waals surface area contributed by atoms with E-state index in [1.807, 2.05) is 19.0 Å². The number of nitrogen functional groups attached to an aromatic ring is 1. The van der Waals surface area contributed by atoms with Crippen molar-refractivity contribution in [1.29, 1.82) is 0 Å². The van der Waals surface area contributed by atoms with Crippen molar-refractivity contribution in [2.75, 3.05) is 37.8 Å². The SMILES string of the molecule is C[C@@H](c1nc(N)nc(N(C)C)n1)N1CC=C(c2ccccc2)CC1. The first-order chi connectivity index (χ1) is 11.5. The largest absolute Gasteiger partial charge is 0.368 e. The van der Waals surface area contributed by atoms with E-state index < -0.39 is 0 Å². The molecule has 0 amide bonds. The van der Waals surface area contributed by atoms with Gasteiger partial charge in [-0.3, -0.25) is 4.90 Å². The van der Waals surface area contributed by atoms with E-state index >= 15 is 0 Å². The molecular formula is C18H24N6. The van der Waals surface area contributed by atoms with Crippen LogP contribution >= 0.6 is 0 Å². The summed E-state index contributed by atoms with van der Waals surface area (Å²) in [5, 5.41) is 0. The highest BCUT2D eigenvalue weighted by Crippen LogP contribution is 2.27. The molecule has 126 valence electrons. The van der Waals surface area contributed by atoms with Crippen molar-refractivity contribution < 1.29 is 0 Å². The van der Waals surface area contributed by atoms with E-state index in [4.69, 9.17) is 5.73 Å². The fourth-order valence-electron chi connectivity index (χ4n) is 2.90. The smallest absolute Gasteiger partial charge is 0.229 e. The van der Waals surface area contributed by atoms with Crippen molar-refractivity contribution in [2.45, 2.75) is 19.4 Å². The molecule has 1 aliphatic rings. The van der Waals surface area contributed by atoms with Crippen molar-refractivity contribution in [3.8, 4) is 0 Å². The van der Waals surface area contributed by atoms with Gasteiger partial charge in [0.2, 0.25) is 11.9 Å². The average Bonchev–Trinajstić information content (AvgIpc) is 2.61. The molecule has 2 heterocycles. The van der Waals surface area contributed by atoms with E-state index in [2.05, 4.69) is 63.2 Å². The normalized spacial score (nSPS) is 16.5. The van der Waals surface area contributed by atoms with Crippen LogP contribution in [-0.4, -0.2) is 47.0 Å². The van der Waals surface area contributed by atoms with E-state index in [1.165, 1.54) is 11.1 Å². The Hall–Kier alpha value is -2.47. The monoisotopic (exact) mass is 324 g/mol. The molecule has 1 atom stereocenters. The standard InChI is InChI=1S/C18H24N6/c1-13(16-20-17(19)22-18(21-16)23(2)3)24-11-9-15(10-12-24)14-7-5-4-6-8-14/h4-9,13H,10-12H2,1-3H3,(H2,19,20,21,22)/t13-/m0/s1. The third-order valence-electron chi connectivity index (χ3n) is 4.36. The summed E-state index contributed by atoms with van der Waals surface area (Å²) in [6.45, 7) is 3.98. The molecule has 2 N–H and O–H groups in total. The first-order valence-electron chi connectivity index (χ1n) is 8.22. The predicted molar refractivity (Wildman–Crippen MR) is 97.6 cm³/mol. The van der Waals surface area contributed by atoms with Gasteiger partial charge in [0, 0.05) is 27.2 Å². The molecule has 3 rings (SSSR count). The van der Waals surface area contributed by atoms with E-state index in [0.717, 1.165) is 25.3 Å². The Labute approximate surface area is 143 Å². The van der Waals surface area contributed by atoms with Crippen molar-refractivity contribution in [1.82, 2.24) is 19.9 Å². The van der Waals surface area contributed by atoms with Crippen LogP contribution in [0, 0.1) is 0 Å². The average molecular weight is 324 g/mol. The first kappa shape index (κ1) is 16.4. The molecule has 6 heteroatoms. The van der Waals surface area contributed by atoms with Crippen molar-refractivity contribution in [3.63, 3.8) is 0 Å². The zero-order chi connectivity index (χ0) is 17.1. The van der Waals surface area contributed by atoms with Gasteiger partial charge in [-0.05, 0) is 24.5 Å². The maximum Gasteiger partial charge on any atom is 0.229 e. The lowest BCUT2D eigenvalue weighted by molar-refractivity contribution is 0.225. The van der Waals surface area contributed by atoms with Crippen LogP contribution in [-0.2, 0) is 0 Å². The summed E-state index contributed by atoms with van der Waals surface area (Å²) in [4.78, 5) is 17.3. The van der Waals surface area contributed by atoms with Crippen LogP contribution < -0.4 is 10.6 Å². The van der Waals surface area contributed by atoms with Gasteiger partial charge in [-0.15, -0.1) is 0 Å². The van der Waals surface area contributed by atoms with Crippen LogP contribution in [0.15, 0.2) is 36.4 Å². The molecule has 1 aliphatic heterocycles. The molecule has 0 saturated heterocycles. The molecule has 2 aromatic rings. The van der Waals surface area contributed by atoms with Crippen LogP contribution in [0.25, 0.3) is 5.57 Å². The second-order valence-electron chi connectivity index (χ2n) is 6.26. The number of anilines is 2. The van der Waals surface area contributed by atoms with Gasteiger partial charge in [0.1, 0.15) is 0 Å². The van der Waals surface area contributed by atoms with E-state index in [9.17, 15) is 0 Å². The van der Waals surface area contributed by atoms with Crippen LogP contribution in [0.2, 0.25) is 0 Å². The Morgan fingerprint density at radius 1 is 1.12 bits per heavy atom. The minimum Gasteiger partial charge on any atom is -0.368 e. The summed E-state index contributed by atoms with van der Waals surface area (Å²) < 4.78 is 0. The summed E-state index contributed by atoms with van der Waals surface area (Å²) >= 11 is 0. The van der Waals surface area contributed by atoms with Gasteiger partial charge in [-0.2, -0.15) is 15.0 Å². The van der Waals surface area contributed by atoms with Gasteiger partial charge >= 0.3 is 0 Å². The Morgan fingerprint density at radius 3 is 2.50 bits per heavy atom. The minimum atomic E-state index is 0.0996. The Kier molecular flexibility index (Phi) is 4.76. The van der Waals surface area contributed by atoms with Gasteiger partial charge < -0.3 is 10.6 Å². The van der Waals surface area contributed by atoms with Crippen molar-refractivity contribution in [3.05, 3.63) is 47.8 Å². The molecule has 1 aromatic carbocycles. The lowest BCUT2D eigenvalue weighted by atomic mass is 9.99. The highest BCUT2D eigenvalue weighted by molar-refractivity contribution is 5.66. The Morgan fingerprint density at radius 2 is 1.88 bits per heavy atom. The Balaban J connectivity index is 1.76. The van der Waals surface area contributed by atoms with E-state index in [1.54, 1.807) is 0 Å². The van der Waals surface area contributed by atoms with Crippen LogP contribution in [0.3, 0.4) is 0 Å². The summed E-state index contributed by atoms with van der Waals surface area (Å²) in [5.41, 5.74) is 8.56. The second kappa shape index (κ2) is 6.97. The minimum absolute atomic E-state index is 0.0996. The molecule has 24 heavy (non-hydrogen) atoms. The van der Waals surface area contributed by atoms with Gasteiger partial charge in [0.05, 0.1) is 6.04 Å². The van der Waals surface area contributed by atoms with Gasteiger partial charge in [-0.25, -0.2) is 0 Å². The fourth-order valence-corrected chi connectivity index (χ4v) is 2.90. The second-order valence-corrected chi connectivity index (χ2v) is 6.26. The fraction of sp³-hybridized carbons (Fsp3) is 0.389. The van der Waals surface area contributed by atoms with Crippen molar-refractivity contribution in [2.24, 2.45) is 0 Å². The maximum absolute atomic E-state index is 5.84. The van der Waals surface area contributed by atoms with Crippen LogP contribution in [0.4, 0.5) is 11.9 Å². The number of aromatic nitrogens is 3. The quantitative estimate of drug-likeness (QED) is 0.931. The first-order valence-corrected chi connectivity index (χ1v) is 8.22. The molecule has 0 radical (unpaired) electrons. The summed E-state index contributed by atoms with van der Waals surface area (Å²) in [5.74, 6) is 1.60. The highest BCUT2D eigenvalue weighted by atomic mass is 15.3. The molecule has 0 saturated carbocycles. The van der Waals surface area contributed by atoms with Crippen LogP contribution in [0.5, 0.6) is 0 Å². The molecule has 0 spiro atoms. The summed E-state index contributed by atoms with van der Waals surface area (Å²) in [6.07, 6.45) is 3.32. The third kappa shape index (κ3) is 3.54. The maximum atomic E-state index is 5.84. The van der Waals surface area contributed by atoms with Gasteiger partial charge in [0.15, 0.2) is 5.82 Å². The lowest BCUT2D eigenvalue weighted by Gasteiger charge is -2.31. The summed E-state index contributed by atoms with van der Waals surface area (Å²) in [7, 11) is 3.80. The van der Waals surface area contributed by atoms with E-state index in [0.29, 0.717) is 5.95 Å². The highest BCUT2D eigenvalue weighted by Gasteiger charge is 2.22. The molecule has 0 fully saturated rings. The molecule has 0 aliphatic carbocycles. The van der Waals surface area contributed by atoms with Crippen LogP contribution in [0.1, 0.15) is 30.8 Å². The number of nitrogens with two attached hydrogens (primary N) is 1. The number of benzene rings is 1. The molecular weight excluding hydrogens is 300 g/mol. The third-order valence-corrected chi connectivity index (χ3v) is 4.36. The predicted octanol–water partition coefficient (Wildman–Crippen LogP) is 2.37. The van der Waals surface area contributed by atoms with Gasteiger partial charge in [-0.1, -0.05) is 36.4 Å². The number of rotatable bonds is 4. The zero-order valence-corrected chi connectivity index (χ0v) is 14.5. The summed E-state index contributed by atoms with van der Waals surface area (Å²) in [6, 6.07) is 10.7. The number of hydrogen-bond acceptors (Lipinski definition) is 6. The topological polar surface area (TPSA) is 71.2 Å².